The van der Waals surface area contributed by atoms with Crippen molar-refractivity contribution >= 4 is 23.5 Å². The van der Waals surface area contributed by atoms with Gasteiger partial charge in [0.05, 0.1) is 26.3 Å². The summed E-state index contributed by atoms with van der Waals surface area (Å²) in [5.74, 6) is -0.722. The maximum absolute atomic E-state index is 14.0. The van der Waals surface area contributed by atoms with Crippen LogP contribution in [0.15, 0.2) is 18.2 Å². The van der Waals surface area contributed by atoms with E-state index in [2.05, 4.69) is 4.90 Å². The number of piperazine rings is 1. The van der Waals surface area contributed by atoms with Gasteiger partial charge in [0, 0.05) is 57.0 Å². The molecular formula is C20H29ClFN3O4. The number of methoxy groups -OCH3 is 1. The van der Waals surface area contributed by atoms with Crippen LogP contribution in [0.25, 0.3) is 0 Å². The smallest absolute Gasteiger partial charge is 0.320 e. The SMILES string of the molecule is CCOC(=O)CN(CCOC)CC(=O)N1CCN(Cc2c(F)cccc2Cl)CC1. The van der Waals surface area contributed by atoms with E-state index >= 15 is 0 Å². The molecule has 0 aromatic heterocycles. The fraction of sp³-hybridized carbons (Fsp3) is 0.600. The van der Waals surface area contributed by atoms with Crippen molar-refractivity contribution in [2.45, 2.75) is 13.5 Å². The van der Waals surface area contributed by atoms with E-state index in [1.807, 2.05) is 0 Å². The van der Waals surface area contributed by atoms with Crippen LogP contribution in [-0.4, -0.2) is 92.7 Å². The van der Waals surface area contributed by atoms with E-state index in [1.54, 1.807) is 36.0 Å². The van der Waals surface area contributed by atoms with E-state index in [1.165, 1.54) is 6.07 Å². The number of hydrogen-bond acceptors (Lipinski definition) is 6. The summed E-state index contributed by atoms with van der Waals surface area (Å²) in [5.41, 5.74) is 0.481. The maximum Gasteiger partial charge on any atom is 0.320 e. The third-order valence-corrected chi connectivity index (χ3v) is 5.15. The predicted octanol–water partition coefficient (Wildman–Crippen LogP) is 1.63. The number of amides is 1. The van der Waals surface area contributed by atoms with E-state index in [9.17, 15) is 14.0 Å². The lowest BCUT2D eigenvalue weighted by molar-refractivity contribution is -0.145. The predicted molar refractivity (Wildman–Crippen MR) is 108 cm³/mol. The summed E-state index contributed by atoms with van der Waals surface area (Å²) >= 11 is 6.11. The first-order chi connectivity index (χ1) is 13.9. The zero-order valence-corrected chi connectivity index (χ0v) is 17.8. The fourth-order valence-corrected chi connectivity index (χ4v) is 3.40. The molecule has 0 bridgehead atoms. The van der Waals surface area contributed by atoms with Crippen molar-refractivity contribution in [3.63, 3.8) is 0 Å². The largest absolute Gasteiger partial charge is 0.465 e. The molecule has 0 radical (unpaired) electrons. The number of rotatable bonds is 10. The van der Waals surface area contributed by atoms with E-state index in [0.717, 1.165) is 0 Å². The van der Waals surface area contributed by atoms with E-state index in [4.69, 9.17) is 21.1 Å². The molecule has 29 heavy (non-hydrogen) atoms. The molecule has 0 saturated carbocycles. The highest BCUT2D eigenvalue weighted by atomic mass is 35.5. The molecule has 1 aromatic carbocycles. The number of benzene rings is 1. The number of hydrogen-bond donors (Lipinski definition) is 0. The van der Waals surface area contributed by atoms with Gasteiger partial charge in [0.15, 0.2) is 0 Å². The second kappa shape index (κ2) is 12.1. The summed E-state index contributed by atoms with van der Waals surface area (Å²) in [6.07, 6.45) is 0. The van der Waals surface area contributed by atoms with Crippen molar-refractivity contribution in [2.75, 3.05) is 66.1 Å². The van der Waals surface area contributed by atoms with E-state index in [-0.39, 0.29) is 30.8 Å². The minimum Gasteiger partial charge on any atom is -0.465 e. The minimum absolute atomic E-state index is 0.0472. The molecule has 1 aliphatic heterocycles. The van der Waals surface area contributed by atoms with E-state index in [0.29, 0.717) is 63.1 Å². The molecule has 9 heteroatoms. The number of nitrogens with zero attached hydrogens (tertiary/aromatic N) is 3. The quantitative estimate of drug-likeness (QED) is 0.527. The second-order valence-corrected chi connectivity index (χ2v) is 7.27. The van der Waals surface area contributed by atoms with Crippen LogP contribution >= 0.6 is 11.6 Å². The summed E-state index contributed by atoms with van der Waals surface area (Å²) in [7, 11) is 1.57. The van der Waals surface area contributed by atoms with Gasteiger partial charge in [0.1, 0.15) is 5.82 Å². The van der Waals surface area contributed by atoms with Crippen LogP contribution in [0.5, 0.6) is 0 Å². The van der Waals surface area contributed by atoms with Crippen LogP contribution in [0.4, 0.5) is 4.39 Å². The zero-order valence-electron chi connectivity index (χ0n) is 17.0. The lowest BCUT2D eigenvalue weighted by Crippen LogP contribution is -2.51. The fourth-order valence-electron chi connectivity index (χ4n) is 3.18. The molecular weight excluding hydrogens is 401 g/mol. The molecule has 162 valence electrons. The Kier molecular flexibility index (Phi) is 9.80. The Labute approximate surface area is 176 Å². The molecule has 0 N–H and O–H groups in total. The Hall–Kier alpha value is -1.74. The third kappa shape index (κ3) is 7.54. The molecule has 0 aliphatic carbocycles. The number of carbonyl (C=O) groups is 2. The minimum atomic E-state index is -0.358. The van der Waals surface area contributed by atoms with Crippen LogP contribution in [-0.2, 0) is 25.6 Å². The van der Waals surface area contributed by atoms with Gasteiger partial charge >= 0.3 is 5.97 Å². The van der Waals surface area contributed by atoms with Crippen LogP contribution in [0.1, 0.15) is 12.5 Å². The van der Waals surface area contributed by atoms with Gasteiger partial charge < -0.3 is 14.4 Å². The third-order valence-electron chi connectivity index (χ3n) is 4.80. The standard InChI is InChI=1S/C20H29ClFN3O4/c1-3-29-20(27)15-24(11-12-28-2)14-19(26)25-9-7-23(8-10-25)13-16-17(21)5-4-6-18(16)22/h4-6H,3,7-15H2,1-2H3. The van der Waals surface area contributed by atoms with Gasteiger partial charge in [-0.2, -0.15) is 0 Å². The number of esters is 1. The highest BCUT2D eigenvalue weighted by molar-refractivity contribution is 6.31. The van der Waals surface area contributed by atoms with Crippen molar-refractivity contribution in [1.82, 2.24) is 14.7 Å². The Morgan fingerprint density at radius 1 is 1.21 bits per heavy atom. The average Bonchev–Trinajstić information content (AvgIpc) is 2.69. The molecule has 0 unspecified atom stereocenters. The van der Waals surface area contributed by atoms with E-state index < -0.39 is 0 Å². The van der Waals surface area contributed by atoms with Crippen molar-refractivity contribution < 1.29 is 23.5 Å². The first-order valence-electron chi connectivity index (χ1n) is 9.74. The van der Waals surface area contributed by atoms with Crippen LogP contribution < -0.4 is 0 Å². The normalized spacial score (nSPS) is 15.0. The molecule has 1 aliphatic rings. The Morgan fingerprint density at radius 2 is 1.93 bits per heavy atom. The Bertz CT molecular complexity index is 663. The van der Waals surface area contributed by atoms with Crippen molar-refractivity contribution in [3.05, 3.63) is 34.6 Å². The van der Waals surface area contributed by atoms with Crippen molar-refractivity contribution in [2.24, 2.45) is 0 Å². The molecule has 1 aromatic rings. The van der Waals surface area contributed by atoms with Gasteiger partial charge in [-0.1, -0.05) is 17.7 Å². The van der Waals surface area contributed by atoms with Gasteiger partial charge in [-0.05, 0) is 19.1 Å². The van der Waals surface area contributed by atoms with Gasteiger partial charge in [0.2, 0.25) is 5.91 Å². The highest BCUT2D eigenvalue weighted by Gasteiger charge is 2.24. The highest BCUT2D eigenvalue weighted by Crippen LogP contribution is 2.21. The summed E-state index contributed by atoms with van der Waals surface area (Å²) in [6, 6.07) is 4.67. The first-order valence-corrected chi connectivity index (χ1v) is 10.1. The zero-order chi connectivity index (χ0) is 21.2. The monoisotopic (exact) mass is 429 g/mol. The second-order valence-electron chi connectivity index (χ2n) is 6.87. The van der Waals surface area contributed by atoms with Gasteiger partial charge in [0.25, 0.3) is 0 Å². The van der Waals surface area contributed by atoms with Crippen molar-refractivity contribution in [3.8, 4) is 0 Å². The van der Waals surface area contributed by atoms with Gasteiger partial charge in [-0.3, -0.25) is 19.4 Å². The molecule has 1 amide bonds. The molecule has 1 saturated heterocycles. The molecule has 0 atom stereocenters. The number of halogens is 2. The Balaban J connectivity index is 1.85. The average molecular weight is 430 g/mol. The molecule has 1 heterocycles. The number of ether oxygens (including phenoxy) is 2. The molecule has 1 fully saturated rings. The lowest BCUT2D eigenvalue weighted by Gasteiger charge is -2.36. The molecule has 0 spiro atoms. The molecule has 2 rings (SSSR count). The summed E-state index contributed by atoms with van der Waals surface area (Å²) in [6.45, 7) is 5.88. The summed E-state index contributed by atoms with van der Waals surface area (Å²) in [4.78, 5) is 30.0. The maximum atomic E-state index is 14.0. The van der Waals surface area contributed by atoms with Crippen molar-refractivity contribution in [1.29, 1.82) is 0 Å². The van der Waals surface area contributed by atoms with Gasteiger partial charge in [-0.25, -0.2) is 4.39 Å². The lowest BCUT2D eigenvalue weighted by atomic mass is 10.2. The first kappa shape index (κ1) is 23.5. The Morgan fingerprint density at radius 3 is 2.55 bits per heavy atom. The summed E-state index contributed by atoms with van der Waals surface area (Å²) in [5, 5.41) is 0.413. The summed E-state index contributed by atoms with van der Waals surface area (Å²) < 4.78 is 24.0. The van der Waals surface area contributed by atoms with Gasteiger partial charge in [-0.15, -0.1) is 0 Å². The van der Waals surface area contributed by atoms with Crippen LogP contribution in [0.2, 0.25) is 5.02 Å². The topological polar surface area (TPSA) is 62.3 Å². The van der Waals surface area contributed by atoms with Crippen LogP contribution in [0, 0.1) is 5.82 Å². The number of carbonyl (C=O) groups excluding carboxylic acids is 2. The molecule has 7 nitrogen and oxygen atoms in total. The van der Waals surface area contributed by atoms with Crippen LogP contribution in [0.3, 0.4) is 0 Å².